The molecular formula is C26H24Cl2N4O3S. The van der Waals surface area contributed by atoms with Gasteiger partial charge in [-0.2, -0.15) is 0 Å². The zero-order chi connectivity index (χ0) is 25.7. The van der Waals surface area contributed by atoms with Crippen LogP contribution in [-0.4, -0.2) is 55.1 Å². The summed E-state index contributed by atoms with van der Waals surface area (Å²) in [5.41, 5.74) is 2.67. The number of carbonyl (C=O) groups excluding carboxylic acids is 2. The number of ether oxygens (including phenoxy) is 1. The monoisotopic (exact) mass is 542 g/mol. The van der Waals surface area contributed by atoms with Crippen LogP contribution in [0, 0.1) is 0 Å². The number of thiocarbonyl (C=S) groups is 1. The van der Waals surface area contributed by atoms with Crippen LogP contribution in [0.3, 0.4) is 0 Å². The molecule has 36 heavy (non-hydrogen) atoms. The lowest BCUT2D eigenvalue weighted by atomic mass is 10.1. The van der Waals surface area contributed by atoms with Crippen LogP contribution in [0.5, 0.6) is 5.75 Å². The lowest BCUT2D eigenvalue weighted by Gasteiger charge is -2.37. The number of halogens is 2. The summed E-state index contributed by atoms with van der Waals surface area (Å²) in [6.45, 7) is 2.47. The van der Waals surface area contributed by atoms with Crippen molar-refractivity contribution in [3.63, 3.8) is 0 Å². The van der Waals surface area contributed by atoms with E-state index in [-0.39, 0.29) is 16.9 Å². The number of amides is 2. The second kappa shape index (κ2) is 11.6. The highest BCUT2D eigenvalue weighted by Gasteiger charge is 2.24. The van der Waals surface area contributed by atoms with Crippen molar-refractivity contribution in [2.24, 2.45) is 0 Å². The highest BCUT2D eigenvalue weighted by Crippen LogP contribution is 2.28. The molecule has 186 valence electrons. The Kier molecular flexibility index (Phi) is 8.30. The van der Waals surface area contributed by atoms with E-state index in [1.807, 2.05) is 29.2 Å². The van der Waals surface area contributed by atoms with E-state index < -0.39 is 0 Å². The third-order valence-corrected chi connectivity index (χ3v) is 6.54. The summed E-state index contributed by atoms with van der Waals surface area (Å²) >= 11 is 17.5. The van der Waals surface area contributed by atoms with E-state index in [0.717, 1.165) is 11.4 Å². The molecule has 0 aliphatic carbocycles. The van der Waals surface area contributed by atoms with E-state index in [0.29, 0.717) is 53.1 Å². The van der Waals surface area contributed by atoms with Crippen molar-refractivity contribution in [3.8, 4) is 5.75 Å². The van der Waals surface area contributed by atoms with Gasteiger partial charge in [0.15, 0.2) is 5.11 Å². The fourth-order valence-corrected chi connectivity index (χ4v) is 4.50. The molecule has 3 aromatic carbocycles. The van der Waals surface area contributed by atoms with Crippen LogP contribution in [0.1, 0.15) is 20.7 Å². The van der Waals surface area contributed by atoms with Crippen LogP contribution in [0.2, 0.25) is 10.0 Å². The van der Waals surface area contributed by atoms with E-state index in [2.05, 4.69) is 15.5 Å². The van der Waals surface area contributed by atoms with Gasteiger partial charge in [0.25, 0.3) is 11.8 Å². The Balaban J connectivity index is 1.37. The number of benzene rings is 3. The van der Waals surface area contributed by atoms with Crippen molar-refractivity contribution in [3.05, 3.63) is 87.9 Å². The summed E-state index contributed by atoms with van der Waals surface area (Å²) in [7, 11) is 1.51. The lowest BCUT2D eigenvalue weighted by molar-refractivity contribution is 0.0746. The highest BCUT2D eigenvalue weighted by molar-refractivity contribution is 7.80. The highest BCUT2D eigenvalue weighted by atomic mass is 35.5. The van der Waals surface area contributed by atoms with Crippen molar-refractivity contribution in [1.82, 2.24) is 10.2 Å². The van der Waals surface area contributed by atoms with Crippen molar-refractivity contribution < 1.29 is 14.3 Å². The molecule has 1 aliphatic heterocycles. The van der Waals surface area contributed by atoms with Gasteiger partial charge in [-0.05, 0) is 66.8 Å². The predicted octanol–water partition coefficient (Wildman–Crippen LogP) is 5.09. The number of methoxy groups -OCH3 is 1. The molecule has 0 aromatic heterocycles. The van der Waals surface area contributed by atoms with Crippen molar-refractivity contribution in [2.75, 3.05) is 43.5 Å². The quantitative estimate of drug-likeness (QED) is 0.437. The van der Waals surface area contributed by atoms with Crippen LogP contribution in [0.25, 0.3) is 0 Å². The maximum Gasteiger partial charge on any atom is 0.257 e. The topological polar surface area (TPSA) is 73.9 Å². The molecular weight excluding hydrogens is 519 g/mol. The third-order valence-electron chi connectivity index (χ3n) is 5.79. The Labute approximate surface area is 224 Å². The minimum Gasteiger partial charge on any atom is -0.495 e. The van der Waals surface area contributed by atoms with Gasteiger partial charge in [0, 0.05) is 42.3 Å². The molecule has 10 heteroatoms. The summed E-state index contributed by atoms with van der Waals surface area (Å²) in [5, 5.41) is 6.90. The lowest BCUT2D eigenvalue weighted by Crippen LogP contribution is -2.49. The molecule has 0 atom stereocenters. The summed E-state index contributed by atoms with van der Waals surface area (Å²) in [5.74, 6) is 0.0851. The minimum absolute atomic E-state index is 0.0137. The number of rotatable bonds is 5. The zero-order valence-electron chi connectivity index (χ0n) is 19.5. The van der Waals surface area contributed by atoms with Gasteiger partial charge < -0.3 is 19.9 Å². The molecule has 7 nitrogen and oxygen atoms in total. The average molecular weight is 543 g/mol. The summed E-state index contributed by atoms with van der Waals surface area (Å²) in [6.07, 6.45) is 0. The molecule has 0 unspecified atom stereocenters. The molecule has 1 heterocycles. The maximum absolute atomic E-state index is 12.8. The largest absolute Gasteiger partial charge is 0.495 e. The molecule has 0 bridgehead atoms. The molecule has 3 aromatic rings. The van der Waals surface area contributed by atoms with Crippen LogP contribution in [-0.2, 0) is 0 Å². The minimum atomic E-state index is -0.385. The first-order chi connectivity index (χ1) is 17.4. The van der Waals surface area contributed by atoms with E-state index in [4.69, 9.17) is 40.2 Å². The van der Waals surface area contributed by atoms with Crippen LogP contribution >= 0.6 is 35.4 Å². The molecule has 1 fully saturated rings. The normalized spacial score (nSPS) is 13.2. The van der Waals surface area contributed by atoms with E-state index >= 15 is 0 Å². The van der Waals surface area contributed by atoms with Gasteiger partial charge in [0.05, 0.1) is 23.5 Å². The molecule has 1 aliphatic rings. The molecule has 0 saturated carbocycles. The number of hydrogen-bond acceptors (Lipinski definition) is 5. The third kappa shape index (κ3) is 6.07. The Morgan fingerprint density at radius 2 is 1.58 bits per heavy atom. The van der Waals surface area contributed by atoms with Gasteiger partial charge in [-0.3, -0.25) is 14.9 Å². The Morgan fingerprint density at radius 1 is 0.917 bits per heavy atom. The predicted molar refractivity (Wildman–Crippen MR) is 148 cm³/mol. The summed E-state index contributed by atoms with van der Waals surface area (Å²) in [4.78, 5) is 29.5. The van der Waals surface area contributed by atoms with Crippen LogP contribution < -0.4 is 20.3 Å². The molecule has 0 radical (unpaired) electrons. The average Bonchev–Trinajstić information content (AvgIpc) is 2.89. The Bertz CT molecular complexity index is 1280. The smallest absolute Gasteiger partial charge is 0.257 e. The molecule has 2 amide bonds. The molecule has 0 spiro atoms. The van der Waals surface area contributed by atoms with Crippen LogP contribution in [0.15, 0.2) is 66.7 Å². The maximum atomic E-state index is 12.8. The number of piperazine rings is 1. The molecule has 1 saturated heterocycles. The molecule has 4 rings (SSSR count). The van der Waals surface area contributed by atoms with Gasteiger partial charge >= 0.3 is 0 Å². The van der Waals surface area contributed by atoms with Crippen molar-refractivity contribution >= 4 is 63.7 Å². The van der Waals surface area contributed by atoms with E-state index in [9.17, 15) is 9.59 Å². The fourth-order valence-electron chi connectivity index (χ4n) is 3.92. The van der Waals surface area contributed by atoms with Gasteiger partial charge in [-0.15, -0.1) is 0 Å². The van der Waals surface area contributed by atoms with Gasteiger partial charge in [0.2, 0.25) is 0 Å². The number of carbonyl (C=O) groups is 2. The van der Waals surface area contributed by atoms with Gasteiger partial charge in [-0.1, -0.05) is 35.3 Å². The second-order valence-corrected chi connectivity index (χ2v) is 9.31. The Hall–Kier alpha value is -3.33. The first-order valence-electron chi connectivity index (χ1n) is 11.2. The van der Waals surface area contributed by atoms with Crippen molar-refractivity contribution in [2.45, 2.75) is 0 Å². The number of nitrogens with zero attached hydrogens (tertiary/aromatic N) is 2. The fraction of sp³-hybridized carbons (Fsp3) is 0.192. The number of hydrogen-bond donors (Lipinski definition) is 2. The van der Waals surface area contributed by atoms with Gasteiger partial charge in [0.1, 0.15) is 5.75 Å². The SMILES string of the molecule is COc1ccc(C(=O)NC(=S)Nc2ccccc2N2CCN(C(=O)c3ccc(Cl)cc3)CC2)cc1Cl. The van der Waals surface area contributed by atoms with E-state index in [1.165, 1.54) is 13.2 Å². The summed E-state index contributed by atoms with van der Waals surface area (Å²) < 4.78 is 5.12. The van der Waals surface area contributed by atoms with Crippen molar-refractivity contribution in [1.29, 1.82) is 0 Å². The second-order valence-electron chi connectivity index (χ2n) is 8.06. The first-order valence-corrected chi connectivity index (χ1v) is 12.4. The zero-order valence-corrected chi connectivity index (χ0v) is 21.8. The molecule has 2 N–H and O–H groups in total. The number of anilines is 2. The summed E-state index contributed by atoms with van der Waals surface area (Å²) in [6, 6.07) is 19.4. The van der Waals surface area contributed by atoms with E-state index in [1.54, 1.807) is 36.4 Å². The van der Waals surface area contributed by atoms with Crippen LogP contribution in [0.4, 0.5) is 11.4 Å². The van der Waals surface area contributed by atoms with Gasteiger partial charge in [-0.25, -0.2) is 0 Å². The Morgan fingerprint density at radius 3 is 2.25 bits per heavy atom. The standard InChI is InChI=1S/C26H24Cl2N4O3S/c1-35-23-11-8-18(16-20(23)28)24(33)30-26(36)29-21-4-2-3-5-22(21)31-12-14-32(15-13-31)25(34)17-6-9-19(27)10-7-17/h2-11,16H,12-15H2,1H3,(H2,29,30,33,36). The first kappa shape index (κ1) is 25.8. The number of nitrogens with one attached hydrogen (secondary N) is 2. The number of para-hydroxylation sites is 2.